The molecular weight excluding hydrogens is 308 g/mol. The van der Waals surface area contributed by atoms with Gasteiger partial charge in [0.05, 0.1) is 12.5 Å². The van der Waals surface area contributed by atoms with Gasteiger partial charge >= 0.3 is 13.1 Å². The molecule has 1 aliphatic rings. The number of nitrogens with zero attached hydrogens (tertiary/aromatic N) is 1. The van der Waals surface area contributed by atoms with E-state index in [9.17, 15) is 9.82 Å². The SMILES string of the molecule is Cc1cc(OCCN(C)C)cc2c1C(CC(=O)O)OB2O.Cl. The number of aliphatic carboxylic acids is 1. The van der Waals surface area contributed by atoms with Gasteiger partial charge in [-0.3, -0.25) is 4.79 Å². The first-order valence-electron chi connectivity index (χ1n) is 6.85. The Bertz CT molecular complexity index is 540. The van der Waals surface area contributed by atoms with E-state index in [4.69, 9.17) is 14.5 Å². The molecule has 1 heterocycles. The summed E-state index contributed by atoms with van der Waals surface area (Å²) in [5.41, 5.74) is 2.22. The molecule has 6 nitrogen and oxygen atoms in total. The maximum Gasteiger partial charge on any atom is 0.492 e. The van der Waals surface area contributed by atoms with Gasteiger partial charge < -0.3 is 24.4 Å². The number of carbonyl (C=O) groups is 1. The van der Waals surface area contributed by atoms with E-state index in [1.165, 1.54) is 0 Å². The molecule has 22 heavy (non-hydrogen) atoms. The number of benzene rings is 1. The number of hydrogen-bond acceptors (Lipinski definition) is 5. The maximum absolute atomic E-state index is 10.9. The lowest BCUT2D eigenvalue weighted by molar-refractivity contribution is -0.138. The topological polar surface area (TPSA) is 79.2 Å². The van der Waals surface area contributed by atoms with Crippen molar-refractivity contribution in [1.82, 2.24) is 4.90 Å². The van der Waals surface area contributed by atoms with Crippen LogP contribution in [-0.2, 0) is 9.45 Å². The number of hydrogen-bond donors (Lipinski definition) is 2. The van der Waals surface area contributed by atoms with Crippen LogP contribution in [0.4, 0.5) is 0 Å². The average Bonchev–Trinajstić information content (AvgIpc) is 2.65. The fourth-order valence-corrected chi connectivity index (χ4v) is 2.47. The molecule has 0 saturated heterocycles. The zero-order chi connectivity index (χ0) is 15.6. The van der Waals surface area contributed by atoms with E-state index in [1.807, 2.05) is 32.0 Å². The van der Waals surface area contributed by atoms with Crippen LogP contribution in [0.25, 0.3) is 0 Å². The Morgan fingerprint density at radius 3 is 2.73 bits per heavy atom. The number of ether oxygens (including phenoxy) is 1. The monoisotopic (exact) mass is 329 g/mol. The van der Waals surface area contributed by atoms with Crippen molar-refractivity contribution in [2.24, 2.45) is 0 Å². The highest BCUT2D eigenvalue weighted by Gasteiger charge is 2.37. The van der Waals surface area contributed by atoms with Crippen LogP contribution < -0.4 is 10.2 Å². The van der Waals surface area contributed by atoms with Crippen molar-refractivity contribution in [1.29, 1.82) is 0 Å². The molecular formula is C14H21BClNO5. The summed E-state index contributed by atoms with van der Waals surface area (Å²) in [7, 11) is 2.83. The Morgan fingerprint density at radius 2 is 2.14 bits per heavy atom. The van der Waals surface area contributed by atoms with Crippen LogP contribution >= 0.6 is 12.4 Å². The number of fused-ring (bicyclic) bond motifs is 1. The second-order valence-electron chi connectivity index (χ2n) is 5.47. The number of likely N-dealkylation sites (N-methyl/N-ethyl adjacent to an activating group) is 1. The molecule has 0 radical (unpaired) electrons. The first-order chi connectivity index (χ1) is 9.88. The molecule has 0 saturated carbocycles. The molecule has 0 aliphatic carbocycles. The molecule has 2 N–H and O–H groups in total. The van der Waals surface area contributed by atoms with Crippen LogP contribution in [0, 0.1) is 6.92 Å². The van der Waals surface area contributed by atoms with Crippen LogP contribution in [0.5, 0.6) is 5.75 Å². The van der Waals surface area contributed by atoms with Gasteiger partial charge in [0.1, 0.15) is 12.4 Å². The van der Waals surface area contributed by atoms with Crippen molar-refractivity contribution in [2.75, 3.05) is 27.2 Å². The highest BCUT2D eigenvalue weighted by atomic mass is 35.5. The summed E-state index contributed by atoms with van der Waals surface area (Å²) >= 11 is 0. The normalized spacial score (nSPS) is 16.4. The fraction of sp³-hybridized carbons (Fsp3) is 0.500. The Balaban J connectivity index is 0.00000242. The van der Waals surface area contributed by atoms with E-state index >= 15 is 0 Å². The molecule has 8 heteroatoms. The van der Waals surface area contributed by atoms with E-state index in [2.05, 4.69) is 0 Å². The van der Waals surface area contributed by atoms with Crippen molar-refractivity contribution in [3.8, 4) is 5.75 Å². The maximum atomic E-state index is 10.9. The summed E-state index contributed by atoms with van der Waals surface area (Å²) in [5.74, 6) is -0.294. The van der Waals surface area contributed by atoms with Gasteiger partial charge in [-0.2, -0.15) is 0 Å². The van der Waals surface area contributed by atoms with Gasteiger partial charge in [0.2, 0.25) is 0 Å². The number of carboxylic acids is 1. The molecule has 2 rings (SSSR count). The quantitative estimate of drug-likeness (QED) is 0.744. The lowest BCUT2D eigenvalue weighted by Crippen LogP contribution is -2.28. The van der Waals surface area contributed by atoms with Gasteiger partial charge in [-0.15, -0.1) is 12.4 Å². The van der Waals surface area contributed by atoms with Crippen molar-refractivity contribution in [3.63, 3.8) is 0 Å². The first-order valence-corrected chi connectivity index (χ1v) is 6.85. The molecule has 0 spiro atoms. The number of halogens is 1. The predicted molar refractivity (Wildman–Crippen MR) is 86.2 cm³/mol. The van der Waals surface area contributed by atoms with E-state index in [0.717, 1.165) is 17.7 Å². The number of rotatable bonds is 6. The summed E-state index contributed by atoms with van der Waals surface area (Å²) in [6.07, 6.45) is -0.769. The van der Waals surface area contributed by atoms with Gasteiger partial charge in [0.15, 0.2) is 0 Å². The minimum absolute atomic E-state index is 0. The van der Waals surface area contributed by atoms with Crippen LogP contribution in [0.1, 0.15) is 23.7 Å². The van der Waals surface area contributed by atoms with Crippen molar-refractivity contribution >= 4 is 31.0 Å². The molecule has 1 aromatic carbocycles. The summed E-state index contributed by atoms with van der Waals surface area (Å²) < 4.78 is 11.0. The zero-order valence-electron chi connectivity index (χ0n) is 12.9. The Labute approximate surface area is 136 Å². The largest absolute Gasteiger partial charge is 0.492 e. The van der Waals surface area contributed by atoms with Crippen molar-refractivity contribution in [3.05, 3.63) is 23.3 Å². The molecule has 0 amide bonds. The lowest BCUT2D eigenvalue weighted by Gasteiger charge is -2.15. The molecule has 1 aliphatic heterocycles. The number of carboxylic acid groups (broad SMARTS) is 1. The van der Waals surface area contributed by atoms with E-state index in [-0.39, 0.29) is 18.8 Å². The van der Waals surface area contributed by atoms with Gasteiger partial charge in [-0.1, -0.05) is 0 Å². The second kappa shape index (κ2) is 7.83. The Morgan fingerprint density at radius 1 is 1.45 bits per heavy atom. The summed E-state index contributed by atoms with van der Waals surface area (Å²) in [5, 5.41) is 18.9. The van der Waals surface area contributed by atoms with E-state index in [1.54, 1.807) is 6.07 Å². The van der Waals surface area contributed by atoms with Crippen molar-refractivity contribution < 1.29 is 24.3 Å². The molecule has 1 atom stereocenters. The third-order valence-electron chi connectivity index (χ3n) is 3.44. The van der Waals surface area contributed by atoms with E-state index < -0.39 is 19.2 Å². The Hall–Kier alpha value is -1.28. The van der Waals surface area contributed by atoms with Gasteiger partial charge in [-0.05, 0) is 49.7 Å². The summed E-state index contributed by atoms with van der Waals surface area (Å²) in [6.45, 7) is 3.20. The summed E-state index contributed by atoms with van der Waals surface area (Å²) in [6, 6.07) is 3.58. The second-order valence-corrected chi connectivity index (χ2v) is 5.47. The third-order valence-corrected chi connectivity index (χ3v) is 3.44. The van der Waals surface area contributed by atoms with Crippen LogP contribution in [-0.4, -0.2) is 55.4 Å². The smallest absolute Gasteiger partial charge is 0.492 e. The molecule has 0 aromatic heterocycles. The molecule has 1 unspecified atom stereocenters. The van der Waals surface area contributed by atoms with Gasteiger partial charge in [0.25, 0.3) is 0 Å². The Kier molecular flexibility index (Phi) is 6.68. The molecule has 1 aromatic rings. The first kappa shape index (κ1) is 18.8. The standard InChI is InChI=1S/C14H20BNO5.ClH/c1-9-6-10(20-5-4-16(2)3)7-11-14(9)12(8-13(17)18)21-15(11)19;/h6-7,12,19H,4-5,8H2,1-3H3,(H,17,18);1H. The van der Waals surface area contributed by atoms with Crippen LogP contribution in [0.2, 0.25) is 0 Å². The van der Waals surface area contributed by atoms with Gasteiger partial charge in [-0.25, -0.2) is 0 Å². The molecule has 0 bridgehead atoms. The van der Waals surface area contributed by atoms with Crippen LogP contribution in [0.15, 0.2) is 12.1 Å². The van der Waals surface area contributed by atoms with E-state index in [0.29, 0.717) is 17.8 Å². The minimum Gasteiger partial charge on any atom is -0.492 e. The minimum atomic E-state index is -1.10. The highest BCUT2D eigenvalue weighted by Crippen LogP contribution is 2.31. The van der Waals surface area contributed by atoms with Crippen LogP contribution in [0.3, 0.4) is 0 Å². The fourth-order valence-electron chi connectivity index (χ4n) is 2.47. The number of aryl methyl sites for hydroxylation is 1. The predicted octanol–water partition coefficient (Wildman–Crippen LogP) is 0.591. The summed E-state index contributed by atoms with van der Waals surface area (Å²) in [4.78, 5) is 12.9. The zero-order valence-corrected chi connectivity index (χ0v) is 13.7. The molecule has 122 valence electrons. The molecule has 0 fully saturated rings. The third kappa shape index (κ3) is 4.36. The van der Waals surface area contributed by atoms with Crippen molar-refractivity contribution in [2.45, 2.75) is 19.4 Å². The highest BCUT2D eigenvalue weighted by molar-refractivity contribution is 6.62. The lowest BCUT2D eigenvalue weighted by atomic mass is 9.77. The average molecular weight is 330 g/mol. The van der Waals surface area contributed by atoms with Gasteiger partial charge in [0, 0.05) is 6.54 Å².